The maximum Gasteiger partial charge on any atom is 0.349 e. The van der Waals surface area contributed by atoms with Gasteiger partial charge in [-0.3, -0.25) is 19.6 Å². The van der Waals surface area contributed by atoms with E-state index < -0.39 is 36.0 Å². The topological polar surface area (TPSA) is 139 Å². The lowest BCUT2D eigenvalue weighted by Gasteiger charge is -2.22. The number of hydroxylamine groups is 1. The summed E-state index contributed by atoms with van der Waals surface area (Å²) < 4.78 is 10.0. The normalized spacial score (nSPS) is 12.5. The highest BCUT2D eigenvalue weighted by atomic mass is 16.6. The lowest BCUT2D eigenvalue weighted by atomic mass is 10.1. The summed E-state index contributed by atoms with van der Waals surface area (Å²) in [7, 11) is 0. The van der Waals surface area contributed by atoms with Crippen molar-refractivity contribution in [2.24, 2.45) is 0 Å². The van der Waals surface area contributed by atoms with Crippen LogP contribution in [0, 0.1) is 0 Å². The SMILES string of the molecule is CCCCCCCCCCCC(=O)OC(C(=O)O)C(OC(=O)CCCCCCCCCCC)C(=O)NO. The van der Waals surface area contributed by atoms with Crippen LogP contribution >= 0.6 is 0 Å². The second-order valence-corrected chi connectivity index (χ2v) is 9.79. The van der Waals surface area contributed by atoms with Gasteiger partial charge < -0.3 is 14.6 Å². The summed E-state index contributed by atoms with van der Waals surface area (Å²) in [5, 5.41) is 18.5. The van der Waals surface area contributed by atoms with E-state index in [1.54, 1.807) is 0 Å². The number of carbonyl (C=O) groups is 4. The van der Waals surface area contributed by atoms with Crippen molar-refractivity contribution in [3.05, 3.63) is 0 Å². The number of unbranched alkanes of at least 4 members (excludes halogenated alkanes) is 16. The Bertz CT molecular complexity index is 625. The first-order chi connectivity index (χ1) is 17.9. The number of aliphatic carboxylic acids is 1. The number of carboxylic acids is 1. The first-order valence-electron chi connectivity index (χ1n) is 14.4. The number of carboxylic acid groups (broad SMARTS) is 1. The molecule has 0 saturated carbocycles. The average molecular weight is 530 g/mol. The van der Waals surface area contributed by atoms with Crippen molar-refractivity contribution in [1.29, 1.82) is 0 Å². The Hall–Kier alpha value is -2.16. The van der Waals surface area contributed by atoms with Crippen LogP contribution in [0.4, 0.5) is 0 Å². The molecular weight excluding hydrogens is 478 g/mol. The number of hydrogen-bond donors (Lipinski definition) is 3. The zero-order valence-corrected chi connectivity index (χ0v) is 23.1. The van der Waals surface area contributed by atoms with Crippen LogP contribution in [-0.2, 0) is 28.7 Å². The summed E-state index contributed by atoms with van der Waals surface area (Å²) in [5.74, 6) is -4.47. The Balaban J connectivity index is 4.43. The fraction of sp³-hybridized carbons (Fsp3) is 0.857. The number of carbonyl (C=O) groups excluding carboxylic acids is 3. The van der Waals surface area contributed by atoms with Crippen molar-refractivity contribution in [3.63, 3.8) is 0 Å². The van der Waals surface area contributed by atoms with Gasteiger partial charge in [0.1, 0.15) is 0 Å². The molecule has 1 amide bonds. The monoisotopic (exact) mass is 529 g/mol. The first-order valence-corrected chi connectivity index (χ1v) is 14.4. The minimum atomic E-state index is -2.04. The Labute approximate surface area is 223 Å². The highest BCUT2D eigenvalue weighted by Crippen LogP contribution is 2.15. The minimum Gasteiger partial charge on any atom is -0.478 e. The summed E-state index contributed by atoms with van der Waals surface area (Å²) >= 11 is 0. The van der Waals surface area contributed by atoms with E-state index in [-0.39, 0.29) is 12.8 Å². The van der Waals surface area contributed by atoms with E-state index in [2.05, 4.69) is 13.8 Å². The Kier molecular flexibility index (Phi) is 22.8. The van der Waals surface area contributed by atoms with Crippen molar-refractivity contribution in [1.82, 2.24) is 5.48 Å². The predicted molar refractivity (Wildman–Crippen MR) is 141 cm³/mol. The number of nitrogens with one attached hydrogen (secondary N) is 1. The van der Waals surface area contributed by atoms with Gasteiger partial charge in [0.25, 0.3) is 5.91 Å². The lowest BCUT2D eigenvalue weighted by Crippen LogP contribution is -2.49. The van der Waals surface area contributed by atoms with E-state index in [9.17, 15) is 24.3 Å². The van der Waals surface area contributed by atoms with E-state index in [0.29, 0.717) is 12.8 Å². The van der Waals surface area contributed by atoms with Crippen molar-refractivity contribution >= 4 is 23.8 Å². The van der Waals surface area contributed by atoms with E-state index >= 15 is 0 Å². The van der Waals surface area contributed by atoms with Crippen LogP contribution in [0.15, 0.2) is 0 Å². The van der Waals surface area contributed by atoms with Gasteiger partial charge in [-0.1, -0.05) is 117 Å². The predicted octanol–water partition coefficient (Wildman–Crippen LogP) is 6.24. The summed E-state index contributed by atoms with van der Waals surface area (Å²) in [6.45, 7) is 4.35. The number of ether oxygens (including phenoxy) is 2. The molecule has 0 saturated heterocycles. The van der Waals surface area contributed by atoms with Crippen LogP contribution in [0.3, 0.4) is 0 Å². The second-order valence-electron chi connectivity index (χ2n) is 9.79. The molecule has 9 nitrogen and oxygen atoms in total. The van der Waals surface area contributed by atoms with Crippen LogP contribution < -0.4 is 5.48 Å². The summed E-state index contributed by atoms with van der Waals surface area (Å²) in [5.41, 5.74) is 1.30. The standard InChI is InChI=1S/C28H51NO8/c1-3-5-7-9-11-13-15-17-19-21-23(30)36-25(27(32)29-35)26(28(33)34)37-24(31)22-20-18-16-14-12-10-8-6-4-2/h25-26,35H,3-22H2,1-2H3,(H,29,32)(H,33,34). The summed E-state index contributed by atoms with van der Waals surface area (Å²) in [6.07, 6.45) is 15.0. The molecule has 0 bridgehead atoms. The summed E-state index contributed by atoms with van der Waals surface area (Å²) in [6, 6.07) is 0. The van der Waals surface area contributed by atoms with Gasteiger partial charge in [-0.05, 0) is 12.8 Å². The Morgan fingerprint density at radius 3 is 1.22 bits per heavy atom. The number of rotatable bonds is 25. The molecule has 0 fully saturated rings. The molecule has 0 aromatic rings. The van der Waals surface area contributed by atoms with Crippen LogP contribution in [0.25, 0.3) is 0 Å². The first kappa shape index (κ1) is 34.8. The maximum absolute atomic E-state index is 12.2. The van der Waals surface area contributed by atoms with Crippen molar-refractivity contribution in [3.8, 4) is 0 Å². The number of hydrogen-bond acceptors (Lipinski definition) is 7. The largest absolute Gasteiger partial charge is 0.478 e. The van der Waals surface area contributed by atoms with Crippen LogP contribution in [0.2, 0.25) is 0 Å². The third-order valence-electron chi connectivity index (χ3n) is 6.37. The van der Waals surface area contributed by atoms with Crippen LogP contribution in [0.1, 0.15) is 142 Å². The molecule has 9 heteroatoms. The minimum absolute atomic E-state index is 0.000526. The van der Waals surface area contributed by atoms with Gasteiger partial charge in [0.2, 0.25) is 12.2 Å². The molecule has 0 aromatic carbocycles. The zero-order valence-electron chi connectivity index (χ0n) is 23.1. The van der Waals surface area contributed by atoms with Crippen molar-refractivity contribution in [2.75, 3.05) is 0 Å². The fourth-order valence-corrected chi connectivity index (χ4v) is 4.12. The van der Waals surface area contributed by atoms with E-state index in [1.807, 2.05) is 0 Å². The van der Waals surface area contributed by atoms with E-state index in [4.69, 9.17) is 14.7 Å². The fourth-order valence-electron chi connectivity index (χ4n) is 4.12. The molecule has 2 unspecified atom stereocenters. The quantitative estimate of drug-likeness (QED) is 0.0546. The highest BCUT2D eigenvalue weighted by Gasteiger charge is 2.40. The van der Waals surface area contributed by atoms with Gasteiger partial charge in [-0.2, -0.15) is 0 Å². The van der Waals surface area contributed by atoms with E-state index in [0.717, 1.165) is 51.4 Å². The number of amides is 1. The number of esters is 2. The Morgan fingerprint density at radius 1 is 0.568 bits per heavy atom. The van der Waals surface area contributed by atoms with Crippen LogP contribution in [0.5, 0.6) is 0 Å². The average Bonchev–Trinajstić information content (AvgIpc) is 2.88. The Morgan fingerprint density at radius 2 is 0.892 bits per heavy atom. The third-order valence-corrected chi connectivity index (χ3v) is 6.37. The smallest absolute Gasteiger partial charge is 0.349 e. The molecule has 0 aliphatic carbocycles. The molecule has 216 valence electrons. The molecule has 37 heavy (non-hydrogen) atoms. The van der Waals surface area contributed by atoms with Crippen LogP contribution in [-0.4, -0.2) is 46.3 Å². The van der Waals surface area contributed by atoms with Gasteiger partial charge in [0.15, 0.2) is 0 Å². The molecule has 0 aromatic heterocycles. The highest BCUT2D eigenvalue weighted by molar-refractivity contribution is 5.90. The van der Waals surface area contributed by atoms with Gasteiger partial charge in [-0.25, -0.2) is 10.3 Å². The zero-order chi connectivity index (χ0) is 27.7. The van der Waals surface area contributed by atoms with Crippen molar-refractivity contribution < 1.29 is 39.0 Å². The van der Waals surface area contributed by atoms with Gasteiger partial charge in [0.05, 0.1) is 0 Å². The molecule has 0 aliphatic rings. The van der Waals surface area contributed by atoms with Gasteiger partial charge >= 0.3 is 17.9 Å². The molecule has 0 radical (unpaired) electrons. The molecule has 0 spiro atoms. The lowest BCUT2D eigenvalue weighted by molar-refractivity contribution is -0.184. The summed E-state index contributed by atoms with van der Waals surface area (Å²) in [4.78, 5) is 48.2. The van der Waals surface area contributed by atoms with Gasteiger partial charge in [-0.15, -0.1) is 0 Å². The molecule has 0 heterocycles. The molecule has 0 aliphatic heterocycles. The van der Waals surface area contributed by atoms with E-state index in [1.165, 1.54) is 56.8 Å². The maximum atomic E-state index is 12.2. The molecule has 2 atom stereocenters. The third kappa shape index (κ3) is 19.6. The van der Waals surface area contributed by atoms with Crippen molar-refractivity contribution in [2.45, 2.75) is 154 Å². The second kappa shape index (κ2) is 24.2. The van der Waals surface area contributed by atoms with Gasteiger partial charge in [0, 0.05) is 12.8 Å². The molecule has 3 N–H and O–H groups in total. The molecule has 0 rings (SSSR count). The molecular formula is C28H51NO8.